The van der Waals surface area contributed by atoms with Crippen molar-refractivity contribution in [3.8, 4) is 0 Å². The number of esters is 1. The highest BCUT2D eigenvalue weighted by Crippen LogP contribution is 2.24. The summed E-state index contributed by atoms with van der Waals surface area (Å²) in [6, 6.07) is 9.28. The summed E-state index contributed by atoms with van der Waals surface area (Å²) < 4.78 is 38.5. The summed E-state index contributed by atoms with van der Waals surface area (Å²) in [5.41, 5.74) is 0.864. The third kappa shape index (κ3) is 6.84. The summed E-state index contributed by atoms with van der Waals surface area (Å²) in [6.07, 6.45) is -0.0185. The molecule has 9 heteroatoms. The van der Waals surface area contributed by atoms with Gasteiger partial charge in [0.05, 0.1) is 24.9 Å². The molecule has 1 aromatic rings. The first kappa shape index (κ1) is 21.2. The standard InChI is InChI=1S/C18H25NO7S/c1-3-24-17(20)15-9-11-19(12-10-16(15)26-27(2,22)23)18(21)25-13-14-7-5-4-6-8-14/h4-8,15-16H,3,9-13H2,1-2H3. The summed E-state index contributed by atoms with van der Waals surface area (Å²) in [5.74, 6) is -1.28. The first-order valence-electron chi connectivity index (χ1n) is 8.80. The van der Waals surface area contributed by atoms with Crippen LogP contribution in [0.2, 0.25) is 0 Å². The average Bonchev–Trinajstić information content (AvgIpc) is 2.82. The second kappa shape index (κ2) is 9.70. The third-order valence-electron chi connectivity index (χ3n) is 4.19. The van der Waals surface area contributed by atoms with E-state index in [2.05, 4.69) is 0 Å². The highest BCUT2D eigenvalue weighted by Gasteiger charge is 2.37. The lowest BCUT2D eigenvalue weighted by atomic mass is 9.98. The van der Waals surface area contributed by atoms with Crippen LogP contribution in [0.15, 0.2) is 30.3 Å². The van der Waals surface area contributed by atoms with Crippen LogP contribution in [0.3, 0.4) is 0 Å². The molecule has 0 saturated carbocycles. The predicted octanol–water partition coefficient (Wildman–Crippen LogP) is 1.94. The van der Waals surface area contributed by atoms with Crippen LogP contribution in [-0.2, 0) is 35.2 Å². The number of rotatable bonds is 6. The van der Waals surface area contributed by atoms with E-state index in [-0.39, 0.29) is 39.1 Å². The molecule has 27 heavy (non-hydrogen) atoms. The van der Waals surface area contributed by atoms with Gasteiger partial charge in [-0.25, -0.2) is 4.79 Å². The van der Waals surface area contributed by atoms with Gasteiger partial charge in [-0.15, -0.1) is 0 Å². The summed E-state index contributed by atoms with van der Waals surface area (Å²) in [6.45, 7) is 2.48. The fraction of sp³-hybridized carbons (Fsp3) is 0.556. The van der Waals surface area contributed by atoms with Crippen LogP contribution >= 0.6 is 0 Å². The minimum atomic E-state index is -3.75. The quantitative estimate of drug-likeness (QED) is 0.532. The zero-order chi connectivity index (χ0) is 19.9. The van der Waals surface area contributed by atoms with Crippen LogP contribution < -0.4 is 0 Å². The first-order valence-corrected chi connectivity index (χ1v) is 10.6. The lowest BCUT2D eigenvalue weighted by Gasteiger charge is -2.21. The van der Waals surface area contributed by atoms with Crippen LogP contribution in [0.4, 0.5) is 4.79 Å². The van der Waals surface area contributed by atoms with E-state index in [1.54, 1.807) is 6.92 Å². The van der Waals surface area contributed by atoms with Gasteiger partial charge in [-0.3, -0.25) is 8.98 Å². The Bertz CT molecular complexity index is 735. The molecule has 2 rings (SSSR count). The van der Waals surface area contributed by atoms with Gasteiger partial charge in [-0.1, -0.05) is 30.3 Å². The van der Waals surface area contributed by atoms with E-state index in [4.69, 9.17) is 13.7 Å². The predicted molar refractivity (Wildman–Crippen MR) is 97.3 cm³/mol. The molecular formula is C18H25NO7S. The Balaban J connectivity index is 2.01. The maximum Gasteiger partial charge on any atom is 0.410 e. The van der Waals surface area contributed by atoms with Gasteiger partial charge < -0.3 is 14.4 Å². The highest BCUT2D eigenvalue weighted by atomic mass is 32.2. The maximum absolute atomic E-state index is 12.3. The average molecular weight is 399 g/mol. The molecule has 0 radical (unpaired) electrons. The molecule has 1 aromatic carbocycles. The topological polar surface area (TPSA) is 99.2 Å². The van der Waals surface area contributed by atoms with Gasteiger partial charge in [0.25, 0.3) is 10.1 Å². The van der Waals surface area contributed by atoms with Crippen molar-refractivity contribution in [3.63, 3.8) is 0 Å². The number of hydrogen-bond acceptors (Lipinski definition) is 7. The number of nitrogens with zero attached hydrogens (tertiary/aromatic N) is 1. The molecular weight excluding hydrogens is 374 g/mol. The third-order valence-corrected chi connectivity index (χ3v) is 4.79. The molecule has 0 spiro atoms. The van der Waals surface area contributed by atoms with Gasteiger partial charge >= 0.3 is 12.1 Å². The zero-order valence-corrected chi connectivity index (χ0v) is 16.3. The number of hydrogen-bond donors (Lipinski definition) is 0. The molecule has 1 aliphatic heterocycles. The van der Waals surface area contributed by atoms with E-state index in [1.165, 1.54) is 4.90 Å². The van der Waals surface area contributed by atoms with E-state index in [9.17, 15) is 18.0 Å². The molecule has 1 heterocycles. The van der Waals surface area contributed by atoms with Gasteiger partial charge in [0.2, 0.25) is 0 Å². The molecule has 0 N–H and O–H groups in total. The Labute approximate surface area is 159 Å². The SMILES string of the molecule is CCOC(=O)C1CCN(C(=O)OCc2ccccc2)CCC1OS(C)(=O)=O. The van der Waals surface area contributed by atoms with Crippen LogP contribution in [0.5, 0.6) is 0 Å². The number of ether oxygens (including phenoxy) is 2. The lowest BCUT2D eigenvalue weighted by Crippen LogP contribution is -2.33. The van der Waals surface area contributed by atoms with E-state index in [0.29, 0.717) is 0 Å². The van der Waals surface area contributed by atoms with E-state index in [1.807, 2.05) is 30.3 Å². The summed E-state index contributed by atoms with van der Waals surface area (Å²) in [4.78, 5) is 26.0. The number of carbonyl (C=O) groups is 2. The molecule has 1 aliphatic rings. The highest BCUT2D eigenvalue weighted by molar-refractivity contribution is 7.86. The minimum Gasteiger partial charge on any atom is -0.466 e. The molecule has 0 bridgehead atoms. The largest absolute Gasteiger partial charge is 0.466 e. The Kier molecular flexibility index (Phi) is 7.61. The lowest BCUT2D eigenvalue weighted by molar-refractivity contribution is -0.151. The molecule has 1 amide bonds. The van der Waals surface area contributed by atoms with E-state index in [0.717, 1.165) is 11.8 Å². The fourth-order valence-corrected chi connectivity index (χ4v) is 3.61. The van der Waals surface area contributed by atoms with Crippen LogP contribution in [-0.4, -0.2) is 57.4 Å². The second-order valence-electron chi connectivity index (χ2n) is 6.30. The van der Waals surface area contributed by atoms with Gasteiger partial charge in [-0.05, 0) is 25.3 Å². The molecule has 1 fully saturated rings. The molecule has 2 unspecified atom stereocenters. The van der Waals surface area contributed by atoms with Gasteiger partial charge in [0.1, 0.15) is 6.61 Å². The number of benzene rings is 1. The summed E-state index contributed by atoms with van der Waals surface area (Å²) >= 11 is 0. The molecule has 2 atom stereocenters. The Morgan fingerprint density at radius 1 is 1.11 bits per heavy atom. The van der Waals surface area contributed by atoms with E-state index < -0.39 is 34.2 Å². The number of amides is 1. The Hall–Kier alpha value is -2.13. The van der Waals surface area contributed by atoms with Crippen molar-refractivity contribution in [1.82, 2.24) is 4.90 Å². The Morgan fingerprint density at radius 2 is 1.78 bits per heavy atom. The van der Waals surface area contributed by atoms with Crippen LogP contribution in [0.1, 0.15) is 25.3 Å². The zero-order valence-electron chi connectivity index (χ0n) is 15.5. The smallest absolute Gasteiger partial charge is 0.410 e. The monoisotopic (exact) mass is 399 g/mol. The number of likely N-dealkylation sites (tertiary alicyclic amines) is 1. The second-order valence-corrected chi connectivity index (χ2v) is 7.90. The van der Waals surface area contributed by atoms with Crippen molar-refractivity contribution < 1.29 is 31.7 Å². The van der Waals surface area contributed by atoms with Crippen LogP contribution in [0.25, 0.3) is 0 Å². The van der Waals surface area contributed by atoms with Crippen molar-refractivity contribution in [2.45, 2.75) is 32.5 Å². The van der Waals surface area contributed by atoms with Crippen molar-refractivity contribution in [2.75, 3.05) is 26.0 Å². The molecule has 8 nitrogen and oxygen atoms in total. The van der Waals surface area contributed by atoms with Crippen molar-refractivity contribution >= 4 is 22.2 Å². The van der Waals surface area contributed by atoms with E-state index >= 15 is 0 Å². The fourth-order valence-electron chi connectivity index (χ4n) is 2.93. The summed E-state index contributed by atoms with van der Waals surface area (Å²) in [7, 11) is -3.75. The van der Waals surface area contributed by atoms with Gasteiger partial charge in [0.15, 0.2) is 0 Å². The molecule has 1 saturated heterocycles. The normalized spacial score (nSPS) is 20.6. The van der Waals surface area contributed by atoms with Crippen molar-refractivity contribution in [2.24, 2.45) is 5.92 Å². The molecule has 150 valence electrons. The Morgan fingerprint density at radius 3 is 2.41 bits per heavy atom. The van der Waals surface area contributed by atoms with Crippen molar-refractivity contribution in [1.29, 1.82) is 0 Å². The van der Waals surface area contributed by atoms with Crippen LogP contribution in [0, 0.1) is 5.92 Å². The summed E-state index contributed by atoms with van der Waals surface area (Å²) in [5, 5.41) is 0. The first-order chi connectivity index (χ1) is 12.8. The maximum atomic E-state index is 12.3. The molecule has 0 aliphatic carbocycles. The minimum absolute atomic E-state index is 0.140. The van der Waals surface area contributed by atoms with Gasteiger partial charge in [0, 0.05) is 13.1 Å². The number of carbonyl (C=O) groups excluding carboxylic acids is 2. The van der Waals surface area contributed by atoms with Crippen molar-refractivity contribution in [3.05, 3.63) is 35.9 Å². The van der Waals surface area contributed by atoms with Gasteiger partial charge in [-0.2, -0.15) is 8.42 Å². The molecule has 0 aromatic heterocycles.